The van der Waals surface area contributed by atoms with E-state index in [9.17, 15) is 4.79 Å². The zero-order chi connectivity index (χ0) is 20.2. The summed E-state index contributed by atoms with van der Waals surface area (Å²) in [6, 6.07) is 5.34. The minimum absolute atomic E-state index is 0.0200. The fraction of sp³-hybridized carbons (Fsp3) is 0.476. The van der Waals surface area contributed by atoms with Gasteiger partial charge in [0.2, 0.25) is 5.89 Å². The molecule has 0 aliphatic carbocycles. The zero-order valence-corrected chi connectivity index (χ0v) is 16.9. The van der Waals surface area contributed by atoms with Gasteiger partial charge in [0, 0.05) is 36.5 Å². The smallest absolute Gasteiger partial charge is 0.253 e. The Morgan fingerprint density at radius 2 is 2.10 bits per heavy atom. The normalized spacial score (nSPS) is 15.8. The van der Waals surface area contributed by atoms with Gasteiger partial charge in [-0.1, -0.05) is 19.0 Å². The highest BCUT2D eigenvalue weighted by atomic mass is 16.5. The fourth-order valence-electron chi connectivity index (χ4n) is 3.60. The van der Waals surface area contributed by atoms with E-state index >= 15 is 0 Å². The van der Waals surface area contributed by atoms with Crippen LogP contribution in [0.3, 0.4) is 0 Å². The Morgan fingerprint density at radius 3 is 2.76 bits per heavy atom. The molecule has 8 heteroatoms. The molecule has 8 nitrogen and oxygen atoms in total. The van der Waals surface area contributed by atoms with Crippen LogP contribution < -0.4 is 5.56 Å². The van der Waals surface area contributed by atoms with Gasteiger partial charge in [0.25, 0.3) is 5.56 Å². The number of hydrogen-bond donors (Lipinski definition) is 0. The second kappa shape index (κ2) is 8.65. The molecule has 0 spiro atoms. The average Bonchev–Trinajstić information content (AvgIpc) is 3.20. The van der Waals surface area contributed by atoms with Crippen LogP contribution in [0.5, 0.6) is 0 Å². The van der Waals surface area contributed by atoms with Gasteiger partial charge in [-0.2, -0.15) is 4.98 Å². The number of rotatable bonds is 6. The number of pyridine rings is 1. The molecule has 0 aromatic carbocycles. The van der Waals surface area contributed by atoms with Gasteiger partial charge in [-0.05, 0) is 44.0 Å². The largest absolute Gasteiger partial charge is 0.338 e. The van der Waals surface area contributed by atoms with E-state index in [4.69, 9.17) is 4.52 Å². The van der Waals surface area contributed by atoms with Gasteiger partial charge in [-0.3, -0.25) is 19.2 Å². The molecule has 0 atom stereocenters. The van der Waals surface area contributed by atoms with Gasteiger partial charge >= 0.3 is 0 Å². The van der Waals surface area contributed by atoms with Crippen molar-refractivity contribution in [3.05, 3.63) is 59.0 Å². The van der Waals surface area contributed by atoms with Crippen molar-refractivity contribution in [3.63, 3.8) is 0 Å². The molecule has 29 heavy (non-hydrogen) atoms. The van der Waals surface area contributed by atoms with Gasteiger partial charge < -0.3 is 4.52 Å². The topological polar surface area (TPSA) is 89.9 Å². The van der Waals surface area contributed by atoms with E-state index in [1.165, 1.54) is 0 Å². The maximum atomic E-state index is 12.5. The summed E-state index contributed by atoms with van der Waals surface area (Å²) in [7, 11) is 0. The van der Waals surface area contributed by atoms with Gasteiger partial charge in [0.05, 0.1) is 18.6 Å². The van der Waals surface area contributed by atoms with Crippen molar-refractivity contribution in [2.45, 2.75) is 45.7 Å². The standard InChI is InChI=1S/C21H26N6O2/c1-15(2)21-24-19(29-25-21)13-26-8-5-16(6-9-26)12-27-14-23-18(10-20(27)28)17-4-3-7-22-11-17/h3-4,7,10-11,14-16H,5-6,8-9,12-13H2,1-2H3. The first-order chi connectivity index (χ1) is 14.1. The highest BCUT2D eigenvalue weighted by Gasteiger charge is 2.22. The van der Waals surface area contributed by atoms with Crippen LogP contribution in [0.1, 0.15) is 44.3 Å². The molecule has 152 valence electrons. The number of piperidine rings is 1. The molecule has 4 rings (SSSR count). The Labute approximate surface area is 169 Å². The summed E-state index contributed by atoms with van der Waals surface area (Å²) in [5.74, 6) is 2.17. The molecule has 1 aliphatic rings. The van der Waals surface area contributed by atoms with E-state index in [0.29, 0.717) is 30.6 Å². The van der Waals surface area contributed by atoms with Crippen molar-refractivity contribution in [1.82, 2.24) is 29.6 Å². The van der Waals surface area contributed by atoms with Crippen LogP contribution in [0.15, 0.2) is 46.2 Å². The second-order valence-corrected chi connectivity index (χ2v) is 7.93. The molecule has 0 radical (unpaired) electrons. The van der Waals surface area contributed by atoms with Crippen molar-refractivity contribution in [2.75, 3.05) is 13.1 Å². The van der Waals surface area contributed by atoms with Gasteiger partial charge in [-0.25, -0.2) is 4.98 Å². The van der Waals surface area contributed by atoms with Crippen LogP contribution >= 0.6 is 0 Å². The molecular weight excluding hydrogens is 368 g/mol. The van der Waals surface area contributed by atoms with Crippen LogP contribution in [0, 0.1) is 5.92 Å². The van der Waals surface area contributed by atoms with E-state index < -0.39 is 0 Å². The van der Waals surface area contributed by atoms with Crippen molar-refractivity contribution >= 4 is 0 Å². The quantitative estimate of drug-likeness (QED) is 0.635. The van der Waals surface area contributed by atoms with Gasteiger partial charge in [0.15, 0.2) is 5.82 Å². The van der Waals surface area contributed by atoms with Crippen molar-refractivity contribution in [3.8, 4) is 11.3 Å². The number of hydrogen-bond acceptors (Lipinski definition) is 7. The molecule has 0 amide bonds. The summed E-state index contributed by atoms with van der Waals surface area (Å²) < 4.78 is 7.07. The van der Waals surface area contributed by atoms with Crippen LogP contribution in [0.4, 0.5) is 0 Å². The lowest BCUT2D eigenvalue weighted by atomic mass is 9.96. The Kier molecular flexibility index (Phi) is 5.80. The molecule has 0 N–H and O–H groups in total. The minimum atomic E-state index is -0.0200. The van der Waals surface area contributed by atoms with Crippen LogP contribution in [-0.2, 0) is 13.1 Å². The predicted octanol–water partition coefficient (Wildman–Crippen LogP) is 2.72. The molecule has 1 aliphatic heterocycles. The van der Waals surface area contributed by atoms with E-state index in [-0.39, 0.29) is 11.5 Å². The highest BCUT2D eigenvalue weighted by molar-refractivity contribution is 5.56. The third-order valence-corrected chi connectivity index (χ3v) is 5.36. The summed E-state index contributed by atoms with van der Waals surface area (Å²) in [5, 5.41) is 4.03. The van der Waals surface area contributed by atoms with Crippen molar-refractivity contribution in [1.29, 1.82) is 0 Å². The second-order valence-electron chi connectivity index (χ2n) is 7.93. The highest BCUT2D eigenvalue weighted by Crippen LogP contribution is 2.21. The fourth-order valence-corrected chi connectivity index (χ4v) is 3.60. The molecule has 1 saturated heterocycles. The van der Waals surface area contributed by atoms with E-state index in [0.717, 1.165) is 37.3 Å². The third kappa shape index (κ3) is 4.76. The average molecular weight is 394 g/mol. The van der Waals surface area contributed by atoms with Crippen molar-refractivity contribution in [2.24, 2.45) is 5.92 Å². The minimum Gasteiger partial charge on any atom is -0.338 e. The Hall–Kier alpha value is -2.87. The molecule has 4 heterocycles. The zero-order valence-electron chi connectivity index (χ0n) is 16.9. The third-order valence-electron chi connectivity index (χ3n) is 5.36. The summed E-state index contributed by atoms with van der Waals surface area (Å²) in [6.07, 6.45) is 7.14. The Bertz CT molecular complexity index is 990. The van der Waals surface area contributed by atoms with Gasteiger partial charge in [-0.15, -0.1) is 0 Å². The first-order valence-electron chi connectivity index (χ1n) is 10.1. The number of aromatic nitrogens is 5. The van der Waals surface area contributed by atoms with E-state index in [1.54, 1.807) is 29.4 Å². The molecule has 3 aromatic heterocycles. The molecule has 0 saturated carbocycles. The number of nitrogens with zero attached hydrogens (tertiary/aromatic N) is 6. The summed E-state index contributed by atoms with van der Waals surface area (Å²) in [4.78, 5) is 27.8. The molecule has 0 unspecified atom stereocenters. The molecule has 3 aromatic rings. The monoisotopic (exact) mass is 394 g/mol. The van der Waals surface area contributed by atoms with Crippen LogP contribution in [-0.4, -0.2) is 42.7 Å². The number of likely N-dealkylation sites (tertiary alicyclic amines) is 1. The lowest BCUT2D eigenvalue weighted by Gasteiger charge is -2.31. The Morgan fingerprint density at radius 1 is 1.28 bits per heavy atom. The molecule has 0 bridgehead atoms. The first-order valence-corrected chi connectivity index (χ1v) is 10.1. The predicted molar refractivity (Wildman–Crippen MR) is 108 cm³/mol. The van der Waals surface area contributed by atoms with E-state index in [2.05, 4.69) is 38.9 Å². The van der Waals surface area contributed by atoms with Crippen LogP contribution in [0.25, 0.3) is 11.3 Å². The van der Waals surface area contributed by atoms with Crippen molar-refractivity contribution < 1.29 is 4.52 Å². The molecular formula is C21H26N6O2. The Balaban J connectivity index is 1.32. The molecule has 1 fully saturated rings. The maximum Gasteiger partial charge on any atom is 0.253 e. The summed E-state index contributed by atoms with van der Waals surface area (Å²) in [5.41, 5.74) is 1.49. The van der Waals surface area contributed by atoms with Crippen LogP contribution in [0.2, 0.25) is 0 Å². The first kappa shape index (κ1) is 19.4. The van der Waals surface area contributed by atoms with E-state index in [1.807, 2.05) is 12.1 Å². The maximum absolute atomic E-state index is 12.5. The SMILES string of the molecule is CC(C)c1noc(CN2CCC(Cn3cnc(-c4cccnc4)cc3=O)CC2)n1. The lowest BCUT2D eigenvalue weighted by Crippen LogP contribution is -2.36. The van der Waals surface area contributed by atoms with Gasteiger partial charge in [0.1, 0.15) is 0 Å². The summed E-state index contributed by atoms with van der Waals surface area (Å²) >= 11 is 0. The summed E-state index contributed by atoms with van der Waals surface area (Å²) in [6.45, 7) is 7.42. The lowest BCUT2D eigenvalue weighted by molar-refractivity contribution is 0.150.